The van der Waals surface area contributed by atoms with Gasteiger partial charge in [-0.05, 0) is 17.2 Å². The van der Waals surface area contributed by atoms with Crippen molar-refractivity contribution in [3.05, 3.63) is 85.8 Å². The number of ether oxygens (including phenoxy) is 1. The van der Waals surface area contributed by atoms with Gasteiger partial charge >= 0.3 is 12.1 Å². The molecular formula is C16H15F3O2. The maximum atomic E-state index is 12.2. The van der Waals surface area contributed by atoms with Gasteiger partial charge in [0.05, 0.1) is 0 Å². The molecule has 0 heterocycles. The third kappa shape index (κ3) is 7.57. The van der Waals surface area contributed by atoms with Gasteiger partial charge in [-0.1, -0.05) is 51.1 Å². The predicted octanol–water partition coefficient (Wildman–Crippen LogP) is 4.57. The minimum absolute atomic E-state index is 0.0394. The van der Waals surface area contributed by atoms with Crippen LogP contribution < -0.4 is 0 Å². The van der Waals surface area contributed by atoms with Crippen LogP contribution in [0.15, 0.2) is 85.8 Å². The SMILES string of the molecule is C=CC(=O)OC(=C)/C=C\C(=C)C(=C)/C=C\C(=C)C(F)(F)F. The lowest BCUT2D eigenvalue weighted by Gasteiger charge is -2.05. The second kappa shape index (κ2) is 7.89. The van der Waals surface area contributed by atoms with Gasteiger partial charge in [-0.15, -0.1) is 0 Å². The van der Waals surface area contributed by atoms with Crippen molar-refractivity contribution < 1.29 is 22.7 Å². The number of carbonyl (C=O) groups is 1. The summed E-state index contributed by atoms with van der Waals surface area (Å²) >= 11 is 0. The Labute approximate surface area is 121 Å². The molecule has 0 aliphatic heterocycles. The molecule has 0 unspecified atom stereocenters. The Hall–Kier alpha value is -2.56. The van der Waals surface area contributed by atoms with E-state index in [-0.39, 0.29) is 11.3 Å². The lowest BCUT2D eigenvalue weighted by molar-refractivity contribution is -0.133. The number of halogens is 3. The molecule has 0 saturated carbocycles. The lowest BCUT2D eigenvalue weighted by atomic mass is 10.1. The summed E-state index contributed by atoms with van der Waals surface area (Å²) in [5, 5.41) is 0. The molecule has 0 aromatic rings. The maximum Gasteiger partial charge on any atom is 0.415 e. The summed E-state index contributed by atoms with van der Waals surface area (Å²) < 4.78 is 41.4. The van der Waals surface area contributed by atoms with E-state index >= 15 is 0 Å². The third-order valence-electron chi connectivity index (χ3n) is 2.13. The molecule has 0 aliphatic rings. The molecule has 0 rings (SSSR count). The number of hydrogen-bond acceptors (Lipinski definition) is 2. The fourth-order valence-electron chi connectivity index (χ4n) is 0.908. The number of allylic oxidation sites excluding steroid dienone is 7. The largest absolute Gasteiger partial charge is 0.424 e. The van der Waals surface area contributed by atoms with Gasteiger partial charge in [0.2, 0.25) is 0 Å². The van der Waals surface area contributed by atoms with Crippen molar-refractivity contribution in [2.24, 2.45) is 0 Å². The Bertz CT molecular complexity index is 546. The molecule has 5 heteroatoms. The van der Waals surface area contributed by atoms with Crippen molar-refractivity contribution in [1.29, 1.82) is 0 Å². The summed E-state index contributed by atoms with van der Waals surface area (Å²) in [4.78, 5) is 10.9. The van der Waals surface area contributed by atoms with Crippen LogP contribution in [-0.4, -0.2) is 12.1 Å². The number of hydrogen-bond donors (Lipinski definition) is 0. The first-order chi connectivity index (χ1) is 9.57. The average Bonchev–Trinajstić information content (AvgIpc) is 2.40. The molecule has 2 nitrogen and oxygen atoms in total. The molecule has 0 saturated heterocycles. The van der Waals surface area contributed by atoms with E-state index in [1.807, 2.05) is 0 Å². The Morgan fingerprint density at radius 1 is 0.905 bits per heavy atom. The van der Waals surface area contributed by atoms with Crippen LogP contribution in [0.2, 0.25) is 0 Å². The quantitative estimate of drug-likeness (QED) is 0.298. The van der Waals surface area contributed by atoms with E-state index in [0.717, 1.165) is 18.2 Å². The van der Waals surface area contributed by atoms with Gasteiger partial charge in [0.1, 0.15) is 5.76 Å². The molecule has 0 aliphatic carbocycles. The molecule has 21 heavy (non-hydrogen) atoms. The normalized spacial score (nSPS) is 11.4. The summed E-state index contributed by atoms with van der Waals surface area (Å²) in [6.07, 6.45) is 1.16. The molecule has 0 aromatic heterocycles. The Balaban J connectivity index is 4.60. The molecule has 0 radical (unpaired) electrons. The monoisotopic (exact) mass is 296 g/mol. The summed E-state index contributed by atoms with van der Waals surface area (Å²) in [5.41, 5.74) is -0.415. The zero-order valence-electron chi connectivity index (χ0n) is 11.4. The summed E-state index contributed by atoms with van der Waals surface area (Å²) in [6.45, 7) is 16.7. The van der Waals surface area contributed by atoms with Crippen LogP contribution in [0, 0.1) is 0 Å². The number of carbonyl (C=O) groups excluding carboxylic acids is 1. The minimum atomic E-state index is -4.48. The van der Waals surface area contributed by atoms with E-state index in [9.17, 15) is 18.0 Å². The van der Waals surface area contributed by atoms with Crippen LogP contribution in [0.1, 0.15) is 0 Å². The van der Waals surface area contributed by atoms with Crippen molar-refractivity contribution in [1.82, 2.24) is 0 Å². The van der Waals surface area contributed by atoms with Gasteiger partial charge in [-0.3, -0.25) is 0 Å². The van der Waals surface area contributed by atoms with E-state index in [1.165, 1.54) is 12.2 Å². The van der Waals surface area contributed by atoms with Crippen LogP contribution in [0.4, 0.5) is 13.2 Å². The minimum Gasteiger partial charge on any atom is -0.424 e. The highest BCUT2D eigenvalue weighted by atomic mass is 19.4. The van der Waals surface area contributed by atoms with E-state index in [0.29, 0.717) is 5.57 Å². The second-order valence-electron chi connectivity index (χ2n) is 3.83. The predicted molar refractivity (Wildman–Crippen MR) is 77.2 cm³/mol. The molecule has 0 aromatic carbocycles. The van der Waals surface area contributed by atoms with Crippen LogP contribution in [0.25, 0.3) is 0 Å². The van der Waals surface area contributed by atoms with E-state index in [4.69, 9.17) is 0 Å². The number of alkyl halides is 3. The van der Waals surface area contributed by atoms with Crippen LogP contribution in [-0.2, 0) is 9.53 Å². The molecule has 0 amide bonds. The molecule has 0 N–H and O–H groups in total. The van der Waals surface area contributed by atoms with Crippen LogP contribution in [0.3, 0.4) is 0 Å². The van der Waals surface area contributed by atoms with Gasteiger partial charge in [-0.25, -0.2) is 4.79 Å². The van der Waals surface area contributed by atoms with Crippen molar-refractivity contribution in [3.63, 3.8) is 0 Å². The van der Waals surface area contributed by atoms with Crippen LogP contribution >= 0.6 is 0 Å². The average molecular weight is 296 g/mol. The zero-order valence-corrected chi connectivity index (χ0v) is 11.4. The second-order valence-corrected chi connectivity index (χ2v) is 3.83. The summed E-state index contributed by atoms with van der Waals surface area (Å²) in [7, 11) is 0. The first kappa shape index (κ1) is 18.4. The van der Waals surface area contributed by atoms with Gasteiger partial charge in [-0.2, -0.15) is 13.2 Å². The fraction of sp³-hybridized carbons (Fsp3) is 0.0625. The van der Waals surface area contributed by atoms with Gasteiger partial charge < -0.3 is 4.74 Å². The highest BCUT2D eigenvalue weighted by Gasteiger charge is 2.29. The Kier molecular flexibility index (Phi) is 6.93. The molecule has 0 atom stereocenters. The highest BCUT2D eigenvalue weighted by Crippen LogP contribution is 2.25. The number of esters is 1. The number of rotatable bonds is 7. The van der Waals surface area contributed by atoms with Crippen molar-refractivity contribution in [3.8, 4) is 0 Å². The summed E-state index contributed by atoms with van der Waals surface area (Å²) in [6, 6.07) is 0. The topological polar surface area (TPSA) is 26.3 Å². The van der Waals surface area contributed by atoms with E-state index < -0.39 is 17.7 Å². The van der Waals surface area contributed by atoms with Gasteiger partial charge in [0.15, 0.2) is 0 Å². The Morgan fingerprint density at radius 2 is 1.38 bits per heavy atom. The molecule has 0 bridgehead atoms. The smallest absolute Gasteiger partial charge is 0.415 e. The van der Waals surface area contributed by atoms with Crippen molar-refractivity contribution in [2.45, 2.75) is 6.18 Å². The van der Waals surface area contributed by atoms with Crippen molar-refractivity contribution in [2.75, 3.05) is 0 Å². The van der Waals surface area contributed by atoms with E-state index in [1.54, 1.807) is 0 Å². The van der Waals surface area contributed by atoms with Gasteiger partial charge in [0, 0.05) is 11.6 Å². The molecular weight excluding hydrogens is 281 g/mol. The van der Waals surface area contributed by atoms with Crippen molar-refractivity contribution >= 4 is 5.97 Å². The fourth-order valence-corrected chi connectivity index (χ4v) is 0.908. The molecule has 0 fully saturated rings. The zero-order chi connectivity index (χ0) is 16.6. The molecule has 0 spiro atoms. The first-order valence-corrected chi connectivity index (χ1v) is 5.61. The summed E-state index contributed by atoms with van der Waals surface area (Å²) in [5.74, 6) is -0.631. The van der Waals surface area contributed by atoms with Crippen LogP contribution in [0.5, 0.6) is 0 Å². The maximum absolute atomic E-state index is 12.2. The lowest BCUT2D eigenvalue weighted by Crippen LogP contribution is -2.08. The van der Waals surface area contributed by atoms with E-state index in [2.05, 4.69) is 37.6 Å². The third-order valence-corrected chi connectivity index (χ3v) is 2.13. The molecule has 112 valence electrons. The highest BCUT2D eigenvalue weighted by molar-refractivity contribution is 5.82. The first-order valence-electron chi connectivity index (χ1n) is 5.61. The Morgan fingerprint density at radius 3 is 1.81 bits per heavy atom. The van der Waals surface area contributed by atoms with Gasteiger partial charge in [0.25, 0.3) is 0 Å². The standard InChI is InChI=1S/C16H15F3O2/c1-6-15(20)21-14(5)10-8-12(3)11(2)7-9-13(4)16(17,18)19/h6-10H,1-5H2/b9-7-,10-8-.